The van der Waals surface area contributed by atoms with Gasteiger partial charge in [0.05, 0.1) is 45.1 Å². The van der Waals surface area contributed by atoms with Gasteiger partial charge in [0.1, 0.15) is 0 Å². The number of nitrogens with zero attached hydrogens (tertiary/aromatic N) is 3. The molecule has 0 unspecified atom stereocenters. The molecule has 0 radical (unpaired) electrons. The fourth-order valence-electron chi connectivity index (χ4n) is 7.52. The summed E-state index contributed by atoms with van der Waals surface area (Å²) in [5, 5.41) is 15.3. The quantitative estimate of drug-likeness (QED) is 0.194. The first-order chi connectivity index (χ1) is 23.6. The van der Waals surface area contributed by atoms with Crippen LogP contribution in [-0.2, 0) is 0 Å². The highest BCUT2D eigenvalue weighted by atomic mass is 15.0. The van der Waals surface area contributed by atoms with Crippen molar-refractivity contribution in [1.29, 1.82) is 5.26 Å². The van der Waals surface area contributed by atoms with Crippen molar-refractivity contribution in [2.45, 2.75) is 13.8 Å². The van der Waals surface area contributed by atoms with E-state index in [9.17, 15) is 5.26 Å². The Balaban J connectivity index is 1.29. The van der Waals surface area contributed by atoms with Gasteiger partial charge < -0.3 is 9.13 Å². The highest BCUT2D eigenvalue weighted by Crippen LogP contribution is 2.40. The molecule has 7 aromatic carbocycles. The molecule has 0 spiro atoms. The monoisotopic (exact) mass is 613 g/mol. The molecule has 0 amide bonds. The standard InChI is InChI=1S/C45H31N3/c1-29-19-21-44-38(23-29)39-24-30(2)20-22-45(39)48(44)41-16-8-4-12-35(41)33-26-31(28-46)25-32(27-33)34-11-3-7-15-40(34)47-42-17-9-5-13-36(42)37-14-6-10-18-43(37)47/h3-27H,1-2H3. The maximum Gasteiger partial charge on any atom is 0.0992 e. The van der Waals surface area contributed by atoms with E-state index in [0.29, 0.717) is 5.56 Å². The highest BCUT2D eigenvalue weighted by Gasteiger charge is 2.19. The van der Waals surface area contributed by atoms with Crippen molar-refractivity contribution in [3.63, 3.8) is 0 Å². The molecule has 9 aromatic rings. The average Bonchev–Trinajstić information content (AvgIpc) is 3.63. The number of nitriles is 1. The summed E-state index contributed by atoms with van der Waals surface area (Å²) >= 11 is 0. The van der Waals surface area contributed by atoms with Crippen LogP contribution in [0.1, 0.15) is 16.7 Å². The highest BCUT2D eigenvalue weighted by molar-refractivity contribution is 6.11. The number of hydrogen-bond donors (Lipinski definition) is 0. The molecule has 0 saturated heterocycles. The van der Waals surface area contributed by atoms with Gasteiger partial charge >= 0.3 is 0 Å². The van der Waals surface area contributed by atoms with Gasteiger partial charge in [0, 0.05) is 32.7 Å². The van der Waals surface area contributed by atoms with E-state index in [2.05, 4.69) is 169 Å². The van der Waals surface area contributed by atoms with Gasteiger partial charge in [-0.15, -0.1) is 0 Å². The molecule has 9 rings (SSSR count). The molecule has 0 bridgehead atoms. The van der Waals surface area contributed by atoms with Gasteiger partial charge in [-0.3, -0.25) is 0 Å². The third-order valence-electron chi connectivity index (χ3n) is 9.63. The Labute approximate surface area is 279 Å². The van der Waals surface area contributed by atoms with Crippen LogP contribution in [0.25, 0.3) is 77.2 Å². The zero-order valence-electron chi connectivity index (χ0n) is 26.8. The lowest BCUT2D eigenvalue weighted by molar-refractivity contribution is 1.18. The Bertz CT molecular complexity index is 2660. The summed E-state index contributed by atoms with van der Waals surface area (Å²) < 4.78 is 4.73. The molecule has 0 N–H and O–H groups in total. The van der Waals surface area contributed by atoms with E-state index >= 15 is 0 Å². The Hall–Kier alpha value is -6.37. The van der Waals surface area contributed by atoms with Gasteiger partial charge in [0.15, 0.2) is 0 Å². The minimum absolute atomic E-state index is 0.628. The van der Waals surface area contributed by atoms with E-state index in [1.165, 1.54) is 43.7 Å². The number of para-hydroxylation sites is 4. The molecular weight excluding hydrogens is 583 g/mol. The van der Waals surface area contributed by atoms with Gasteiger partial charge in [-0.05, 0) is 91.7 Å². The van der Waals surface area contributed by atoms with Crippen molar-refractivity contribution in [3.8, 4) is 39.7 Å². The number of fused-ring (bicyclic) bond motifs is 6. The molecule has 0 fully saturated rings. The molecule has 0 aliphatic heterocycles. The smallest absolute Gasteiger partial charge is 0.0992 e. The van der Waals surface area contributed by atoms with Crippen molar-refractivity contribution >= 4 is 43.6 Å². The minimum Gasteiger partial charge on any atom is -0.309 e. The van der Waals surface area contributed by atoms with Crippen molar-refractivity contribution < 1.29 is 0 Å². The fourth-order valence-corrected chi connectivity index (χ4v) is 7.52. The number of benzene rings is 7. The molecule has 0 aliphatic carbocycles. The first-order valence-corrected chi connectivity index (χ1v) is 16.3. The molecule has 0 saturated carbocycles. The Kier molecular flexibility index (Phi) is 6.32. The van der Waals surface area contributed by atoms with Gasteiger partial charge in [0.25, 0.3) is 0 Å². The van der Waals surface area contributed by atoms with Gasteiger partial charge in [-0.2, -0.15) is 5.26 Å². The maximum atomic E-state index is 10.3. The van der Waals surface area contributed by atoms with Crippen LogP contribution in [-0.4, -0.2) is 9.13 Å². The predicted octanol–water partition coefficient (Wildman–Crippen LogP) is 11.7. The van der Waals surface area contributed by atoms with Gasteiger partial charge in [0.2, 0.25) is 0 Å². The van der Waals surface area contributed by atoms with Crippen molar-refractivity contribution in [2.75, 3.05) is 0 Å². The molecule has 3 nitrogen and oxygen atoms in total. The van der Waals surface area contributed by atoms with Crippen molar-refractivity contribution in [2.24, 2.45) is 0 Å². The number of hydrogen-bond acceptors (Lipinski definition) is 1. The second-order valence-electron chi connectivity index (χ2n) is 12.7. The Morgan fingerprint density at radius 2 is 0.833 bits per heavy atom. The van der Waals surface area contributed by atoms with E-state index in [1.807, 2.05) is 12.1 Å². The molecule has 3 heteroatoms. The maximum absolute atomic E-state index is 10.3. The first kappa shape index (κ1) is 27.9. The predicted molar refractivity (Wildman–Crippen MR) is 200 cm³/mol. The lowest BCUT2D eigenvalue weighted by Gasteiger charge is -2.17. The van der Waals surface area contributed by atoms with Crippen molar-refractivity contribution in [3.05, 3.63) is 168 Å². The molecule has 0 atom stereocenters. The molecule has 2 aromatic heterocycles. The third-order valence-corrected chi connectivity index (χ3v) is 9.63. The molecule has 2 heterocycles. The van der Waals surface area contributed by atoms with Gasteiger partial charge in [-0.1, -0.05) is 96.1 Å². The Morgan fingerprint density at radius 3 is 1.31 bits per heavy atom. The zero-order chi connectivity index (χ0) is 32.4. The zero-order valence-corrected chi connectivity index (χ0v) is 26.8. The second kappa shape index (κ2) is 10.9. The number of aryl methyl sites for hydroxylation is 2. The van der Waals surface area contributed by atoms with E-state index in [4.69, 9.17) is 0 Å². The summed E-state index contributed by atoms with van der Waals surface area (Å²) in [5.74, 6) is 0. The summed E-state index contributed by atoms with van der Waals surface area (Å²) in [6, 6.07) is 56.4. The second-order valence-corrected chi connectivity index (χ2v) is 12.7. The summed E-state index contributed by atoms with van der Waals surface area (Å²) in [6.07, 6.45) is 0. The largest absolute Gasteiger partial charge is 0.309 e. The molecular formula is C45H31N3. The Morgan fingerprint density at radius 1 is 0.417 bits per heavy atom. The van der Waals surface area contributed by atoms with E-state index in [1.54, 1.807) is 0 Å². The van der Waals surface area contributed by atoms with Crippen LogP contribution in [0.4, 0.5) is 0 Å². The average molecular weight is 614 g/mol. The normalized spacial score (nSPS) is 11.5. The molecule has 48 heavy (non-hydrogen) atoms. The van der Waals surface area contributed by atoms with Crippen LogP contribution in [0.2, 0.25) is 0 Å². The SMILES string of the molecule is Cc1ccc2c(c1)c1cc(C)ccc1n2-c1ccccc1-c1cc(C#N)cc(-c2ccccc2-n2c3ccccc3c3ccccc32)c1. The third kappa shape index (κ3) is 4.27. The summed E-state index contributed by atoms with van der Waals surface area (Å²) in [7, 11) is 0. The lowest BCUT2D eigenvalue weighted by atomic mass is 9.94. The van der Waals surface area contributed by atoms with Crippen LogP contribution in [0, 0.1) is 25.2 Å². The van der Waals surface area contributed by atoms with Crippen LogP contribution in [0.5, 0.6) is 0 Å². The molecule has 226 valence electrons. The van der Waals surface area contributed by atoms with Crippen molar-refractivity contribution in [1.82, 2.24) is 9.13 Å². The van der Waals surface area contributed by atoms with Gasteiger partial charge in [-0.25, -0.2) is 0 Å². The van der Waals surface area contributed by atoms with E-state index in [0.717, 1.165) is 44.7 Å². The van der Waals surface area contributed by atoms with Crippen LogP contribution in [0.15, 0.2) is 152 Å². The van der Waals surface area contributed by atoms with E-state index in [-0.39, 0.29) is 0 Å². The summed E-state index contributed by atoms with van der Waals surface area (Å²) in [4.78, 5) is 0. The number of aromatic nitrogens is 2. The minimum atomic E-state index is 0.628. The summed E-state index contributed by atoms with van der Waals surface area (Å²) in [5.41, 5.74) is 14.1. The van der Waals surface area contributed by atoms with Crippen LogP contribution in [0.3, 0.4) is 0 Å². The lowest BCUT2D eigenvalue weighted by Crippen LogP contribution is -1.99. The number of rotatable bonds is 4. The first-order valence-electron chi connectivity index (χ1n) is 16.3. The molecule has 0 aliphatic rings. The fraction of sp³-hybridized carbons (Fsp3) is 0.0444. The van der Waals surface area contributed by atoms with Crippen LogP contribution >= 0.6 is 0 Å². The van der Waals surface area contributed by atoms with Crippen LogP contribution < -0.4 is 0 Å². The topological polar surface area (TPSA) is 33.6 Å². The van der Waals surface area contributed by atoms with E-state index < -0.39 is 0 Å². The summed E-state index contributed by atoms with van der Waals surface area (Å²) in [6.45, 7) is 4.30.